The summed E-state index contributed by atoms with van der Waals surface area (Å²) in [5, 5.41) is 2.78. The number of carbonyl (C=O) groups is 1. The van der Waals surface area contributed by atoms with Crippen LogP contribution in [0.5, 0.6) is 5.75 Å². The Bertz CT molecular complexity index is 942. The number of aryl methyl sites for hydroxylation is 1. The van der Waals surface area contributed by atoms with Gasteiger partial charge in [0.2, 0.25) is 10.0 Å². The zero-order chi connectivity index (χ0) is 20.9. The van der Waals surface area contributed by atoms with Crippen LogP contribution in [0.25, 0.3) is 0 Å². The van der Waals surface area contributed by atoms with E-state index in [1.807, 2.05) is 38.1 Å². The van der Waals surface area contributed by atoms with Gasteiger partial charge in [0, 0.05) is 18.2 Å². The van der Waals surface area contributed by atoms with Gasteiger partial charge in [-0.15, -0.1) is 0 Å². The van der Waals surface area contributed by atoms with Crippen molar-refractivity contribution in [3.8, 4) is 5.75 Å². The van der Waals surface area contributed by atoms with Gasteiger partial charge in [0.25, 0.3) is 5.91 Å². The largest absolute Gasteiger partial charge is 0.492 e. The number of benzene rings is 2. The van der Waals surface area contributed by atoms with Crippen molar-refractivity contribution in [3.05, 3.63) is 59.7 Å². The van der Waals surface area contributed by atoms with Gasteiger partial charge in [-0.1, -0.05) is 30.2 Å². The molecule has 0 bridgehead atoms. The van der Waals surface area contributed by atoms with Gasteiger partial charge in [0.1, 0.15) is 12.4 Å². The minimum absolute atomic E-state index is 0.0230. The molecule has 0 spiro atoms. The lowest BCUT2D eigenvalue weighted by Crippen LogP contribution is -2.42. The number of rotatable bonds is 7. The van der Waals surface area contributed by atoms with Crippen LogP contribution >= 0.6 is 0 Å². The van der Waals surface area contributed by atoms with Gasteiger partial charge in [0.15, 0.2) is 0 Å². The summed E-state index contributed by atoms with van der Waals surface area (Å²) in [6.07, 6.45) is 2.77. The monoisotopic (exact) mass is 416 g/mol. The van der Waals surface area contributed by atoms with Gasteiger partial charge in [-0.25, -0.2) is 8.42 Å². The highest BCUT2D eigenvalue weighted by Crippen LogP contribution is 2.25. The molecule has 2 aromatic carbocycles. The van der Waals surface area contributed by atoms with Crippen molar-refractivity contribution in [2.75, 3.05) is 19.7 Å². The molecular formula is C22H28N2O4S. The third-order valence-corrected chi connectivity index (χ3v) is 7.13. The minimum Gasteiger partial charge on any atom is -0.492 e. The molecule has 1 aliphatic heterocycles. The predicted molar refractivity (Wildman–Crippen MR) is 113 cm³/mol. The molecule has 1 fully saturated rings. The molecule has 3 rings (SSSR count). The summed E-state index contributed by atoms with van der Waals surface area (Å²) in [5.74, 6) is 0.426. The molecule has 0 aliphatic carbocycles. The molecule has 1 unspecified atom stereocenters. The van der Waals surface area contributed by atoms with Crippen LogP contribution in [-0.2, 0) is 10.0 Å². The van der Waals surface area contributed by atoms with Gasteiger partial charge in [-0.05, 0) is 57.0 Å². The lowest BCUT2D eigenvalue weighted by atomic mass is 10.1. The first-order valence-electron chi connectivity index (χ1n) is 9.97. The van der Waals surface area contributed by atoms with E-state index in [2.05, 4.69) is 5.32 Å². The fourth-order valence-corrected chi connectivity index (χ4v) is 5.18. The highest BCUT2D eigenvalue weighted by Gasteiger charge is 2.31. The van der Waals surface area contributed by atoms with E-state index < -0.39 is 10.0 Å². The van der Waals surface area contributed by atoms with E-state index in [0.717, 1.165) is 30.6 Å². The lowest BCUT2D eigenvalue weighted by molar-refractivity contribution is 0.0947. The molecule has 7 heteroatoms. The molecule has 1 atom stereocenters. The van der Waals surface area contributed by atoms with Gasteiger partial charge < -0.3 is 10.1 Å². The molecule has 156 valence electrons. The molecule has 1 aliphatic rings. The molecular weight excluding hydrogens is 388 g/mol. The van der Waals surface area contributed by atoms with Crippen LogP contribution in [0.15, 0.2) is 53.4 Å². The van der Waals surface area contributed by atoms with Crippen molar-refractivity contribution in [1.29, 1.82) is 0 Å². The van der Waals surface area contributed by atoms with Crippen molar-refractivity contribution in [1.82, 2.24) is 9.62 Å². The molecule has 1 saturated heterocycles. The van der Waals surface area contributed by atoms with Crippen molar-refractivity contribution < 1.29 is 17.9 Å². The second-order valence-electron chi connectivity index (χ2n) is 7.41. The number of piperidine rings is 1. The number of nitrogens with one attached hydrogen (secondary N) is 1. The van der Waals surface area contributed by atoms with Gasteiger partial charge in [-0.3, -0.25) is 4.79 Å². The van der Waals surface area contributed by atoms with Gasteiger partial charge >= 0.3 is 0 Å². The molecule has 1 heterocycles. The molecule has 6 nitrogen and oxygen atoms in total. The number of ether oxygens (including phenoxy) is 1. The van der Waals surface area contributed by atoms with Crippen LogP contribution in [0.1, 0.15) is 42.1 Å². The normalized spacial score (nSPS) is 17.7. The predicted octanol–water partition coefficient (Wildman–Crippen LogP) is 3.37. The van der Waals surface area contributed by atoms with Gasteiger partial charge in [0.05, 0.1) is 11.4 Å². The number of hydrogen-bond acceptors (Lipinski definition) is 4. The maximum atomic E-state index is 13.0. The van der Waals surface area contributed by atoms with Crippen molar-refractivity contribution in [3.63, 3.8) is 0 Å². The van der Waals surface area contributed by atoms with Crippen LogP contribution in [0.2, 0.25) is 0 Å². The summed E-state index contributed by atoms with van der Waals surface area (Å²) in [4.78, 5) is 12.6. The Morgan fingerprint density at radius 1 is 1.17 bits per heavy atom. The molecule has 1 amide bonds. The Labute approximate surface area is 172 Å². The number of carbonyl (C=O) groups excluding carboxylic acids is 1. The van der Waals surface area contributed by atoms with Crippen LogP contribution in [-0.4, -0.2) is 44.4 Å². The number of nitrogens with zero attached hydrogens (tertiary/aromatic N) is 1. The van der Waals surface area contributed by atoms with Crippen LogP contribution in [0.3, 0.4) is 0 Å². The Morgan fingerprint density at radius 2 is 1.93 bits per heavy atom. The first-order valence-corrected chi connectivity index (χ1v) is 11.4. The standard InChI is InChI=1S/C22H28N2O4S/c1-17-9-11-20(12-10-17)28-15-13-23-22(25)19-7-5-8-21(16-19)29(26,27)24-14-4-3-6-18(24)2/h5,7-12,16,18H,3-4,6,13-15H2,1-2H3,(H,23,25). The van der Waals surface area contributed by atoms with E-state index >= 15 is 0 Å². The van der Waals surface area contributed by atoms with E-state index in [-0.39, 0.29) is 16.8 Å². The molecule has 0 radical (unpaired) electrons. The summed E-state index contributed by atoms with van der Waals surface area (Å²) in [6, 6.07) is 13.9. The van der Waals surface area contributed by atoms with Crippen LogP contribution in [0.4, 0.5) is 0 Å². The fourth-order valence-electron chi connectivity index (χ4n) is 3.43. The highest BCUT2D eigenvalue weighted by atomic mass is 32.2. The van der Waals surface area contributed by atoms with Gasteiger partial charge in [-0.2, -0.15) is 4.31 Å². The zero-order valence-electron chi connectivity index (χ0n) is 16.9. The Kier molecular flexibility index (Phi) is 6.92. The summed E-state index contributed by atoms with van der Waals surface area (Å²) in [6.45, 7) is 5.12. The van der Waals surface area contributed by atoms with Crippen LogP contribution in [0, 0.1) is 6.92 Å². The molecule has 0 saturated carbocycles. The topological polar surface area (TPSA) is 75.7 Å². The summed E-state index contributed by atoms with van der Waals surface area (Å²) in [7, 11) is -3.60. The molecule has 29 heavy (non-hydrogen) atoms. The van der Waals surface area contributed by atoms with E-state index in [1.54, 1.807) is 22.5 Å². The van der Waals surface area contributed by atoms with Crippen molar-refractivity contribution in [2.24, 2.45) is 0 Å². The molecule has 1 N–H and O–H groups in total. The average molecular weight is 417 g/mol. The minimum atomic E-state index is -3.60. The quantitative estimate of drug-likeness (QED) is 0.702. The number of sulfonamides is 1. The van der Waals surface area contributed by atoms with Crippen molar-refractivity contribution in [2.45, 2.75) is 44.0 Å². The van der Waals surface area contributed by atoms with E-state index in [0.29, 0.717) is 25.3 Å². The lowest BCUT2D eigenvalue weighted by Gasteiger charge is -2.32. The number of hydrogen-bond donors (Lipinski definition) is 1. The van der Waals surface area contributed by atoms with E-state index in [4.69, 9.17) is 4.74 Å². The number of amides is 1. The fraction of sp³-hybridized carbons (Fsp3) is 0.409. The molecule has 0 aromatic heterocycles. The highest BCUT2D eigenvalue weighted by molar-refractivity contribution is 7.89. The summed E-state index contributed by atoms with van der Waals surface area (Å²) >= 11 is 0. The summed E-state index contributed by atoms with van der Waals surface area (Å²) in [5.41, 5.74) is 1.48. The second-order valence-corrected chi connectivity index (χ2v) is 9.30. The zero-order valence-corrected chi connectivity index (χ0v) is 17.7. The molecule has 2 aromatic rings. The first-order chi connectivity index (χ1) is 13.9. The summed E-state index contributed by atoms with van der Waals surface area (Å²) < 4.78 is 33.1. The Balaban J connectivity index is 1.59. The van der Waals surface area contributed by atoms with Crippen LogP contribution < -0.4 is 10.1 Å². The third-order valence-electron chi connectivity index (χ3n) is 5.12. The van der Waals surface area contributed by atoms with E-state index in [1.165, 1.54) is 6.07 Å². The second kappa shape index (κ2) is 9.41. The Morgan fingerprint density at radius 3 is 2.66 bits per heavy atom. The SMILES string of the molecule is Cc1ccc(OCCNC(=O)c2cccc(S(=O)(=O)N3CCCCC3C)c2)cc1. The Hall–Kier alpha value is -2.38. The average Bonchev–Trinajstić information content (AvgIpc) is 2.72. The maximum absolute atomic E-state index is 13.0. The third kappa shape index (κ3) is 5.36. The smallest absolute Gasteiger partial charge is 0.251 e. The first kappa shape index (κ1) is 21.3. The van der Waals surface area contributed by atoms with E-state index in [9.17, 15) is 13.2 Å². The maximum Gasteiger partial charge on any atom is 0.251 e. The van der Waals surface area contributed by atoms with Crippen molar-refractivity contribution >= 4 is 15.9 Å².